The van der Waals surface area contributed by atoms with Gasteiger partial charge in [0.2, 0.25) is 0 Å². The van der Waals surface area contributed by atoms with E-state index >= 15 is 0 Å². The van der Waals surface area contributed by atoms with Crippen molar-refractivity contribution in [2.75, 3.05) is 24.6 Å². The predicted molar refractivity (Wildman–Crippen MR) is 91.3 cm³/mol. The summed E-state index contributed by atoms with van der Waals surface area (Å²) in [5.74, 6) is 0.921. The third-order valence-electron chi connectivity index (χ3n) is 4.01. The molecule has 3 aromatic rings. The number of rotatable bonds is 2. The van der Waals surface area contributed by atoms with Crippen molar-refractivity contribution < 1.29 is 4.74 Å². The van der Waals surface area contributed by atoms with E-state index < -0.39 is 0 Å². The zero-order chi connectivity index (χ0) is 15.8. The maximum Gasteiger partial charge on any atom is 0.142 e. The molecule has 1 fully saturated rings. The highest BCUT2D eigenvalue weighted by molar-refractivity contribution is 6.42. The van der Waals surface area contributed by atoms with Crippen LogP contribution in [-0.2, 0) is 4.74 Å². The van der Waals surface area contributed by atoms with Crippen molar-refractivity contribution in [3.63, 3.8) is 0 Å². The van der Waals surface area contributed by atoms with Crippen LogP contribution in [0.1, 0.15) is 11.7 Å². The molecule has 4 rings (SSSR count). The fourth-order valence-electron chi connectivity index (χ4n) is 2.87. The Morgan fingerprint density at radius 3 is 2.96 bits per heavy atom. The number of nitrogens with one attached hydrogen (secondary N) is 1. The number of H-pyrrole nitrogens is 1. The summed E-state index contributed by atoms with van der Waals surface area (Å²) in [5, 5.41) is 2.11. The molecule has 7 heteroatoms. The van der Waals surface area contributed by atoms with Crippen LogP contribution in [0.3, 0.4) is 0 Å². The molecule has 3 heterocycles. The van der Waals surface area contributed by atoms with E-state index in [1.807, 2.05) is 24.4 Å². The monoisotopic (exact) mass is 348 g/mol. The van der Waals surface area contributed by atoms with Gasteiger partial charge in [-0.1, -0.05) is 29.3 Å². The van der Waals surface area contributed by atoms with E-state index in [1.54, 1.807) is 12.4 Å². The normalized spacial score (nSPS) is 18.5. The number of benzene rings is 1. The summed E-state index contributed by atoms with van der Waals surface area (Å²) >= 11 is 12.1. The van der Waals surface area contributed by atoms with Gasteiger partial charge in [-0.3, -0.25) is 0 Å². The largest absolute Gasteiger partial charge is 0.370 e. The minimum Gasteiger partial charge on any atom is -0.370 e. The van der Waals surface area contributed by atoms with Gasteiger partial charge in [-0.2, -0.15) is 0 Å². The molecule has 1 N–H and O–H groups in total. The number of aromatic nitrogens is 3. The number of nitrogens with zero attached hydrogens (tertiary/aromatic N) is 3. The van der Waals surface area contributed by atoms with E-state index in [0.29, 0.717) is 23.2 Å². The van der Waals surface area contributed by atoms with Crippen molar-refractivity contribution in [2.24, 2.45) is 0 Å². The predicted octanol–water partition coefficient (Wildman–Crippen LogP) is 3.84. The zero-order valence-electron chi connectivity index (χ0n) is 12.2. The third kappa shape index (κ3) is 2.76. The van der Waals surface area contributed by atoms with Gasteiger partial charge >= 0.3 is 0 Å². The molecule has 0 aliphatic carbocycles. The molecule has 1 aliphatic rings. The van der Waals surface area contributed by atoms with E-state index in [9.17, 15) is 0 Å². The maximum atomic E-state index is 6.12. The van der Waals surface area contributed by atoms with Crippen LogP contribution in [0.2, 0.25) is 10.0 Å². The molecule has 23 heavy (non-hydrogen) atoms. The van der Waals surface area contributed by atoms with Crippen LogP contribution in [0.4, 0.5) is 5.82 Å². The standard InChI is InChI=1S/C16H14Cl2N4O/c17-12-2-1-10(7-13(12)18)14-8-22(5-6-23-14)16-11-3-4-19-15(11)20-9-21-16/h1-4,7,9,14H,5-6,8H2,(H,19,20,21)/t14-/m1/s1. The lowest BCUT2D eigenvalue weighted by atomic mass is 10.1. The fraction of sp³-hybridized carbons (Fsp3) is 0.250. The first-order valence-electron chi connectivity index (χ1n) is 7.32. The van der Waals surface area contributed by atoms with Gasteiger partial charge in [-0.05, 0) is 23.8 Å². The van der Waals surface area contributed by atoms with Crippen molar-refractivity contribution in [1.29, 1.82) is 0 Å². The second-order valence-electron chi connectivity index (χ2n) is 5.42. The van der Waals surface area contributed by atoms with Crippen molar-refractivity contribution in [1.82, 2.24) is 15.0 Å². The van der Waals surface area contributed by atoms with Crippen LogP contribution in [0.25, 0.3) is 11.0 Å². The molecule has 5 nitrogen and oxygen atoms in total. The first-order valence-corrected chi connectivity index (χ1v) is 8.07. The topological polar surface area (TPSA) is 54.0 Å². The Hall–Kier alpha value is -1.82. The minimum atomic E-state index is -0.0672. The Labute approximate surface area is 143 Å². The lowest BCUT2D eigenvalue weighted by Gasteiger charge is -2.34. The summed E-state index contributed by atoms with van der Waals surface area (Å²) < 4.78 is 5.91. The van der Waals surface area contributed by atoms with Crippen LogP contribution in [0.15, 0.2) is 36.8 Å². The van der Waals surface area contributed by atoms with Gasteiger partial charge in [0.15, 0.2) is 0 Å². The Bertz CT molecular complexity index is 851. The molecule has 0 unspecified atom stereocenters. The average Bonchev–Trinajstić information content (AvgIpc) is 3.06. The molecular weight excluding hydrogens is 335 g/mol. The van der Waals surface area contributed by atoms with Gasteiger partial charge in [-0.25, -0.2) is 9.97 Å². The molecule has 1 aromatic carbocycles. The summed E-state index contributed by atoms with van der Waals surface area (Å²) in [5.41, 5.74) is 1.86. The molecule has 1 aliphatic heterocycles. The van der Waals surface area contributed by atoms with E-state index in [-0.39, 0.29) is 6.10 Å². The molecule has 0 bridgehead atoms. The number of hydrogen-bond acceptors (Lipinski definition) is 4. The van der Waals surface area contributed by atoms with Crippen LogP contribution < -0.4 is 4.90 Å². The number of fused-ring (bicyclic) bond motifs is 1. The van der Waals surface area contributed by atoms with Crippen LogP contribution >= 0.6 is 23.2 Å². The Kier molecular flexibility index (Phi) is 3.85. The van der Waals surface area contributed by atoms with E-state index in [0.717, 1.165) is 29.0 Å². The Morgan fingerprint density at radius 1 is 1.17 bits per heavy atom. The second-order valence-corrected chi connectivity index (χ2v) is 6.23. The second kappa shape index (κ2) is 6.00. The first kappa shape index (κ1) is 14.8. The van der Waals surface area contributed by atoms with Crippen molar-refractivity contribution >= 4 is 40.1 Å². The first-order chi connectivity index (χ1) is 11.2. The smallest absolute Gasteiger partial charge is 0.142 e. The van der Waals surface area contributed by atoms with E-state index in [1.165, 1.54) is 0 Å². The average molecular weight is 349 g/mol. The van der Waals surface area contributed by atoms with Crippen molar-refractivity contribution in [2.45, 2.75) is 6.10 Å². The molecule has 0 spiro atoms. The summed E-state index contributed by atoms with van der Waals surface area (Å²) in [6.45, 7) is 2.12. The molecule has 118 valence electrons. The number of aromatic amines is 1. The van der Waals surface area contributed by atoms with Gasteiger partial charge in [0, 0.05) is 19.3 Å². The van der Waals surface area contributed by atoms with E-state index in [2.05, 4.69) is 19.9 Å². The molecule has 0 saturated carbocycles. The van der Waals surface area contributed by atoms with Crippen molar-refractivity contribution in [3.8, 4) is 0 Å². The maximum absolute atomic E-state index is 6.12. The summed E-state index contributed by atoms with van der Waals surface area (Å²) in [6, 6.07) is 7.61. The minimum absolute atomic E-state index is 0.0672. The molecular formula is C16H14Cl2N4O. The summed E-state index contributed by atoms with van der Waals surface area (Å²) in [6.07, 6.45) is 3.39. The lowest BCUT2D eigenvalue weighted by molar-refractivity contribution is 0.0396. The number of ether oxygens (including phenoxy) is 1. The highest BCUT2D eigenvalue weighted by atomic mass is 35.5. The van der Waals surface area contributed by atoms with Gasteiger partial charge in [0.05, 0.1) is 22.0 Å². The van der Waals surface area contributed by atoms with Gasteiger partial charge in [-0.15, -0.1) is 0 Å². The van der Waals surface area contributed by atoms with Gasteiger partial charge < -0.3 is 14.6 Å². The molecule has 2 aromatic heterocycles. The van der Waals surface area contributed by atoms with Crippen molar-refractivity contribution in [3.05, 3.63) is 52.4 Å². The quantitative estimate of drug-likeness (QED) is 0.764. The fourth-order valence-corrected chi connectivity index (χ4v) is 3.17. The van der Waals surface area contributed by atoms with Crippen LogP contribution in [0, 0.1) is 0 Å². The van der Waals surface area contributed by atoms with E-state index in [4.69, 9.17) is 27.9 Å². The Balaban J connectivity index is 1.64. The number of halogens is 2. The van der Waals surface area contributed by atoms with Crippen LogP contribution in [0.5, 0.6) is 0 Å². The zero-order valence-corrected chi connectivity index (χ0v) is 13.7. The number of hydrogen-bond donors (Lipinski definition) is 1. The van der Waals surface area contributed by atoms with Gasteiger partial charge in [0.25, 0.3) is 0 Å². The Morgan fingerprint density at radius 2 is 2.09 bits per heavy atom. The third-order valence-corrected chi connectivity index (χ3v) is 4.75. The molecule has 1 atom stereocenters. The SMILES string of the molecule is Clc1ccc([C@H]2CN(c3ncnc4[nH]ccc34)CCO2)cc1Cl. The number of anilines is 1. The lowest BCUT2D eigenvalue weighted by Crippen LogP contribution is -2.39. The molecule has 0 amide bonds. The summed E-state index contributed by atoms with van der Waals surface area (Å²) in [4.78, 5) is 14.0. The van der Waals surface area contributed by atoms with Gasteiger partial charge in [0.1, 0.15) is 23.9 Å². The van der Waals surface area contributed by atoms with Crippen LogP contribution in [-0.4, -0.2) is 34.6 Å². The molecule has 1 saturated heterocycles. The highest BCUT2D eigenvalue weighted by Gasteiger charge is 2.24. The summed E-state index contributed by atoms with van der Waals surface area (Å²) in [7, 11) is 0. The highest BCUT2D eigenvalue weighted by Crippen LogP contribution is 2.31. The molecule has 0 radical (unpaired) electrons. The number of morpholine rings is 1.